The van der Waals surface area contributed by atoms with E-state index in [0.717, 1.165) is 30.5 Å². The van der Waals surface area contributed by atoms with E-state index >= 15 is 0 Å². The maximum absolute atomic E-state index is 13.2. The molecule has 6 rings (SSSR count). The summed E-state index contributed by atoms with van der Waals surface area (Å²) >= 11 is 6.55. The maximum atomic E-state index is 13.2. The maximum Gasteiger partial charge on any atom is 0.295 e. The normalized spacial score (nSPS) is 46.0. The molecule has 3 nitrogen and oxygen atoms in total. The van der Waals surface area contributed by atoms with Gasteiger partial charge in [0.1, 0.15) is 8.81 Å². The lowest BCUT2D eigenvalue weighted by atomic mass is 9.32. The van der Waals surface area contributed by atoms with Crippen LogP contribution >= 0.6 is 20.4 Å². The lowest BCUT2D eigenvalue weighted by Crippen LogP contribution is -2.66. The number of rotatable bonds is 6. The molecule has 0 bridgehead atoms. The number of hydrogen-bond donors (Lipinski definition) is 0. The summed E-state index contributed by atoms with van der Waals surface area (Å²) in [4.78, 5) is 23.8. The first kappa shape index (κ1) is 31.1. The van der Waals surface area contributed by atoms with Gasteiger partial charge in [0.2, 0.25) is 5.24 Å². The van der Waals surface area contributed by atoms with E-state index in [2.05, 4.69) is 72.7 Å². The summed E-state index contributed by atoms with van der Waals surface area (Å²) in [6.07, 6.45) is 12.1. The van der Waals surface area contributed by atoms with Crippen molar-refractivity contribution in [3.05, 3.63) is 29.8 Å². The Kier molecular flexibility index (Phi) is 7.83. The van der Waals surface area contributed by atoms with Gasteiger partial charge in [-0.3, -0.25) is 9.59 Å². The van der Waals surface area contributed by atoms with Crippen molar-refractivity contribution in [2.45, 2.75) is 119 Å². The zero-order valence-electron chi connectivity index (χ0n) is 27.1. The van der Waals surface area contributed by atoms with Crippen LogP contribution in [0.4, 0.5) is 0 Å². The summed E-state index contributed by atoms with van der Waals surface area (Å²) in [5.74, 6) is 4.27. The van der Waals surface area contributed by atoms with Crippen molar-refractivity contribution in [3.63, 3.8) is 0 Å². The van der Waals surface area contributed by atoms with Gasteiger partial charge in [-0.25, -0.2) is 0 Å². The van der Waals surface area contributed by atoms with Crippen molar-refractivity contribution in [1.82, 2.24) is 0 Å². The molecule has 5 aliphatic carbocycles. The van der Waals surface area contributed by atoms with Crippen LogP contribution in [0, 0.1) is 62.6 Å². The summed E-state index contributed by atoms with van der Waals surface area (Å²) in [5, 5.41) is 1.06. The molecule has 0 heterocycles. The lowest BCUT2D eigenvalue weighted by Gasteiger charge is -2.73. The van der Waals surface area contributed by atoms with Crippen molar-refractivity contribution in [1.29, 1.82) is 0 Å². The topological polar surface area (TPSA) is 43.4 Å². The molecular formula is C37H54ClO3P. The molecule has 5 saturated carbocycles. The highest BCUT2D eigenvalue weighted by Gasteiger charge is 2.71. The summed E-state index contributed by atoms with van der Waals surface area (Å²) in [6.45, 7) is 18.5. The molecule has 5 heteroatoms. The number of halogens is 1. The smallest absolute Gasteiger partial charge is 0.295 e. The third kappa shape index (κ3) is 4.21. The second kappa shape index (κ2) is 10.6. The average Bonchev–Trinajstić information content (AvgIpc) is 3.34. The van der Waals surface area contributed by atoms with Gasteiger partial charge in [0.05, 0.1) is 0 Å². The Hall–Kier alpha value is -0.920. The van der Waals surface area contributed by atoms with Crippen molar-refractivity contribution in [2.24, 2.45) is 62.6 Å². The molecule has 0 spiro atoms. The third-order valence-electron chi connectivity index (χ3n) is 15.3. The first-order valence-electron chi connectivity index (χ1n) is 16.9. The van der Waals surface area contributed by atoms with Gasteiger partial charge >= 0.3 is 0 Å². The van der Waals surface area contributed by atoms with Crippen LogP contribution in [0.2, 0.25) is 0 Å². The predicted octanol–water partition coefficient (Wildman–Crippen LogP) is 9.66. The van der Waals surface area contributed by atoms with Gasteiger partial charge in [0, 0.05) is 10.7 Å². The third-order valence-corrected chi connectivity index (χ3v) is 16.5. The zero-order chi connectivity index (χ0) is 30.3. The summed E-state index contributed by atoms with van der Waals surface area (Å²) in [7, 11) is 0.0836. The van der Waals surface area contributed by atoms with Gasteiger partial charge in [-0.05, 0) is 144 Å². The Bertz CT molecular complexity index is 1210. The molecule has 5 aliphatic rings. The molecule has 0 N–H and O–H groups in total. The van der Waals surface area contributed by atoms with Crippen molar-refractivity contribution in [3.8, 4) is 0 Å². The van der Waals surface area contributed by atoms with Gasteiger partial charge in [-0.2, -0.15) is 0 Å². The number of carbonyl (C=O) groups is 2. The fourth-order valence-corrected chi connectivity index (χ4v) is 14.0. The summed E-state index contributed by atoms with van der Waals surface area (Å²) in [6, 6.07) is 8.90. The molecule has 0 aliphatic heterocycles. The fraction of sp³-hybridized carbons (Fsp3) is 0.784. The van der Waals surface area contributed by atoms with Crippen LogP contribution in [0.25, 0.3) is 0 Å². The molecule has 0 aromatic heterocycles. The van der Waals surface area contributed by atoms with E-state index in [-0.39, 0.29) is 30.3 Å². The Morgan fingerprint density at radius 3 is 2.24 bits per heavy atom. The van der Waals surface area contributed by atoms with Crippen LogP contribution in [0.3, 0.4) is 0 Å². The van der Waals surface area contributed by atoms with E-state index in [1.165, 1.54) is 50.5 Å². The molecule has 1 unspecified atom stereocenters. The van der Waals surface area contributed by atoms with Crippen molar-refractivity contribution >= 4 is 37.4 Å². The average molecular weight is 613 g/mol. The zero-order valence-corrected chi connectivity index (χ0v) is 28.9. The first-order chi connectivity index (χ1) is 19.8. The van der Waals surface area contributed by atoms with E-state index < -0.39 is 0 Å². The number of carbonyl (C=O) groups excluding carboxylic acids is 2. The Balaban J connectivity index is 1.30. The van der Waals surface area contributed by atoms with E-state index in [1.54, 1.807) is 0 Å². The van der Waals surface area contributed by atoms with E-state index in [9.17, 15) is 9.59 Å². The van der Waals surface area contributed by atoms with Crippen LogP contribution in [0.1, 0.15) is 124 Å². The predicted molar refractivity (Wildman–Crippen MR) is 174 cm³/mol. The van der Waals surface area contributed by atoms with E-state index in [4.69, 9.17) is 16.1 Å². The highest BCUT2D eigenvalue weighted by atomic mass is 35.5. The summed E-state index contributed by atoms with van der Waals surface area (Å²) < 4.78 is 5.02. The van der Waals surface area contributed by atoms with Crippen molar-refractivity contribution in [2.75, 3.05) is 0 Å². The minimum absolute atomic E-state index is 0.0227. The van der Waals surface area contributed by atoms with Crippen LogP contribution in [0.15, 0.2) is 24.3 Å². The molecule has 5 fully saturated rings. The largest absolute Gasteiger partial charge is 0.445 e. The van der Waals surface area contributed by atoms with E-state index in [0.29, 0.717) is 52.8 Å². The van der Waals surface area contributed by atoms with Crippen molar-refractivity contribution < 1.29 is 14.1 Å². The minimum Gasteiger partial charge on any atom is -0.445 e. The molecule has 1 aromatic carbocycles. The molecular weight excluding hydrogens is 559 g/mol. The van der Waals surface area contributed by atoms with E-state index in [1.807, 2.05) is 0 Å². The SMILES string of the molecule is CC(C)[C@@H]1CC[C@]2(C(=O)Cl)CC[C@]3(C)[C@H](CC[C@@H]4[C@@]5(C)CC[C@H](c6ccc(POC=O)cc6)C(C)(C)[C@@H]5CC[C@]43C)[C@@H]12. The molecule has 0 amide bonds. The summed E-state index contributed by atoms with van der Waals surface area (Å²) in [5.41, 5.74) is 2.29. The second-order valence-corrected chi connectivity index (χ2v) is 18.3. The van der Waals surface area contributed by atoms with Gasteiger partial charge in [-0.1, -0.05) is 72.7 Å². The monoisotopic (exact) mass is 612 g/mol. The van der Waals surface area contributed by atoms with Gasteiger partial charge in [0.25, 0.3) is 6.47 Å². The lowest BCUT2D eigenvalue weighted by molar-refractivity contribution is -0.238. The van der Waals surface area contributed by atoms with Gasteiger partial charge in [0.15, 0.2) is 0 Å². The van der Waals surface area contributed by atoms with Crippen LogP contribution in [0.5, 0.6) is 0 Å². The fourth-order valence-electron chi connectivity index (χ4n) is 13.2. The van der Waals surface area contributed by atoms with Crippen LogP contribution in [-0.4, -0.2) is 11.7 Å². The Morgan fingerprint density at radius 1 is 0.881 bits per heavy atom. The second-order valence-electron chi connectivity index (χ2n) is 16.9. The van der Waals surface area contributed by atoms with Crippen LogP contribution in [-0.2, 0) is 14.1 Å². The molecule has 232 valence electrons. The molecule has 42 heavy (non-hydrogen) atoms. The van der Waals surface area contributed by atoms with Gasteiger partial charge < -0.3 is 4.52 Å². The van der Waals surface area contributed by atoms with Gasteiger partial charge in [-0.15, -0.1) is 0 Å². The molecule has 11 atom stereocenters. The minimum atomic E-state index is -0.277. The number of fused-ring (bicyclic) bond motifs is 7. The highest BCUT2D eigenvalue weighted by molar-refractivity contribution is 7.42. The number of benzene rings is 1. The van der Waals surface area contributed by atoms with Crippen LogP contribution < -0.4 is 5.30 Å². The molecule has 0 radical (unpaired) electrons. The quantitative estimate of drug-likeness (QED) is 0.182. The standard InChI is InChI=1S/C37H54ClO3P/c1-23(2)26-14-19-37(32(38)40)21-20-35(6)28(31(26)37)12-13-30-34(5)17-15-27(24-8-10-25(11-9-24)42-41-22-39)33(3,4)29(34)16-18-36(30,35)7/h8-11,22-23,26-31,42H,12-21H2,1-7H3/t26-,27+,28+,29-,30+,31+,34-,35+,36+,37-/m0/s1. The number of hydrogen-bond acceptors (Lipinski definition) is 3. The molecule has 1 aromatic rings. The molecule has 0 saturated heterocycles. The Labute approximate surface area is 261 Å². The first-order valence-corrected chi connectivity index (χ1v) is 18.2. The highest BCUT2D eigenvalue weighted by Crippen LogP contribution is 2.78. The Morgan fingerprint density at radius 2 is 1.60 bits per heavy atom.